The van der Waals surface area contributed by atoms with Gasteiger partial charge in [0, 0.05) is 42.1 Å². The van der Waals surface area contributed by atoms with E-state index >= 15 is 0 Å². The van der Waals surface area contributed by atoms with Crippen molar-refractivity contribution in [1.82, 2.24) is 15.0 Å². The van der Waals surface area contributed by atoms with Crippen LogP contribution in [0.5, 0.6) is 0 Å². The van der Waals surface area contributed by atoms with E-state index in [1.165, 1.54) is 0 Å². The van der Waals surface area contributed by atoms with Crippen LogP contribution in [0.25, 0.3) is 10.8 Å². The first-order chi connectivity index (χ1) is 15.3. The van der Waals surface area contributed by atoms with Crippen molar-refractivity contribution in [2.75, 3.05) is 17.2 Å². The molecule has 7 heteroatoms. The normalized spacial score (nSPS) is 13.4. The lowest BCUT2D eigenvalue weighted by atomic mass is 10.1. The zero-order valence-electron chi connectivity index (χ0n) is 17.0. The maximum absolute atomic E-state index is 13.0. The molecule has 4 aromatic rings. The van der Waals surface area contributed by atoms with Gasteiger partial charge >= 0.3 is 0 Å². The van der Waals surface area contributed by atoms with E-state index in [9.17, 15) is 4.79 Å². The lowest BCUT2D eigenvalue weighted by Gasteiger charge is -2.15. The molecule has 0 unspecified atom stereocenters. The van der Waals surface area contributed by atoms with Gasteiger partial charge in [-0.15, -0.1) is 0 Å². The molecule has 5 rings (SSSR count). The number of hydrogen-bond acceptors (Lipinski definition) is 5. The summed E-state index contributed by atoms with van der Waals surface area (Å²) in [5, 5.41) is 8.15. The van der Waals surface area contributed by atoms with Crippen LogP contribution >= 0.6 is 0 Å². The Bertz CT molecular complexity index is 1220. The summed E-state index contributed by atoms with van der Waals surface area (Å²) in [6.45, 7) is 1.74. The molecule has 7 nitrogen and oxygen atoms in total. The number of benzene rings is 2. The minimum Gasteiger partial charge on any atom is -0.375 e. The average molecular weight is 413 g/mol. The number of aromatic amines is 1. The summed E-state index contributed by atoms with van der Waals surface area (Å²) in [5.41, 5.74) is 3.61. The molecule has 2 aromatic heterocycles. The summed E-state index contributed by atoms with van der Waals surface area (Å²) in [6, 6.07) is 15.8. The highest BCUT2D eigenvalue weighted by atomic mass is 16.5. The maximum Gasteiger partial charge on any atom is 0.258 e. The Morgan fingerprint density at radius 2 is 1.97 bits per heavy atom. The number of hydrogen-bond donors (Lipinski definition) is 3. The average Bonchev–Trinajstić information content (AvgIpc) is 3.16. The molecule has 0 saturated carbocycles. The van der Waals surface area contributed by atoms with E-state index in [1.54, 1.807) is 6.07 Å². The molecule has 156 valence electrons. The minimum atomic E-state index is -0.242. The Kier molecular flexibility index (Phi) is 5.33. The zero-order chi connectivity index (χ0) is 21.0. The van der Waals surface area contributed by atoms with E-state index in [0.717, 1.165) is 46.3 Å². The Morgan fingerprint density at radius 3 is 2.87 bits per heavy atom. The fraction of sp³-hybridized carbons (Fsp3) is 0.208. The van der Waals surface area contributed by atoms with Crippen LogP contribution in [0.1, 0.15) is 33.6 Å². The molecule has 0 spiro atoms. The topological polar surface area (TPSA) is 91.9 Å². The number of nitrogens with one attached hydrogen (secondary N) is 3. The number of carbonyl (C=O) groups is 1. The smallest absolute Gasteiger partial charge is 0.258 e. The van der Waals surface area contributed by atoms with Crippen LogP contribution < -0.4 is 10.6 Å². The van der Waals surface area contributed by atoms with Crippen molar-refractivity contribution in [3.8, 4) is 0 Å². The summed E-state index contributed by atoms with van der Waals surface area (Å²) in [5.74, 6) is 0.778. The maximum atomic E-state index is 13.0. The second kappa shape index (κ2) is 8.57. The number of carbonyl (C=O) groups excluding carboxylic acids is 1. The van der Waals surface area contributed by atoms with Crippen molar-refractivity contribution in [2.45, 2.75) is 26.0 Å². The van der Waals surface area contributed by atoms with Gasteiger partial charge in [-0.3, -0.25) is 10.1 Å². The van der Waals surface area contributed by atoms with Crippen LogP contribution in [0, 0.1) is 0 Å². The van der Waals surface area contributed by atoms with E-state index < -0.39 is 0 Å². The Balaban J connectivity index is 1.44. The van der Waals surface area contributed by atoms with Crippen LogP contribution in [0.3, 0.4) is 0 Å². The van der Waals surface area contributed by atoms with Gasteiger partial charge in [0.15, 0.2) is 0 Å². The summed E-state index contributed by atoms with van der Waals surface area (Å²) in [4.78, 5) is 25.3. The summed E-state index contributed by atoms with van der Waals surface area (Å²) < 4.78 is 5.70. The number of amides is 1. The highest BCUT2D eigenvalue weighted by Gasteiger charge is 2.19. The highest BCUT2D eigenvalue weighted by molar-refractivity contribution is 6.12. The quantitative estimate of drug-likeness (QED) is 0.454. The molecule has 0 atom stereocenters. The van der Waals surface area contributed by atoms with Gasteiger partial charge in [-0.1, -0.05) is 42.5 Å². The molecule has 1 aliphatic rings. The van der Waals surface area contributed by atoms with Crippen LogP contribution in [0.15, 0.2) is 60.9 Å². The first-order valence-electron chi connectivity index (χ1n) is 10.4. The van der Waals surface area contributed by atoms with Crippen molar-refractivity contribution in [1.29, 1.82) is 0 Å². The molecule has 1 amide bonds. The van der Waals surface area contributed by atoms with E-state index in [4.69, 9.17) is 4.74 Å². The van der Waals surface area contributed by atoms with Crippen molar-refractivity contribution in [3.05, 3.63) is 83.3 Å². The first-order valence-corrected chi connectivity index (χ1v) is 10.4. The van der Waals surface area contributed by atoms with Gasteiger partial charge < -0.3 is 15.0 Å². The number of H-pyrrole nitrogens is 1. The first kappa shape index (κ1) is 19.3. The number of nitrogens with zero attached hydrogens (tertiary/aromatic N) is 2. The van der Waals surface area contributed by atoms with Crippen LogP contribution in [0.2, 0.25) is 0 Å². The largest absolute Gasteiger partial charge is 0.375 e. The van der Waals surface area contributed by atoms with Gasteiger partial charge in [0.1, 0.15) is 5.82 Å². The molecule has 0 aliphatic carbocycles. The second-order valence-electron chi connectivity index (χ2n) is 7.53. The van der Waals surface area contributed by atoms with Crippen LogP contribution in [-0.4, -0.2) is 27.5 Å². The Hall–Kier alpha value is -3.71. The molecule has 2 aromatic carbocycles. The van der Waals surface area contributed by atoms with Gasteiger partial charge in [0.25, 0.3) is 5.91 Å². The third-order valence-electron chi connectivity index (χ3n) is 5.43. The molecule has 1 aliphatic heterocycles. The molecule has 0 fully saturated rings. The SMILES string of the molecule is O=C(Nc1nc2c(c(NCc3ccccc3)n1)CCCOC2)c1cccc2c[nH]cc12. The van der Waals surface area contributed by atoms with Crippen molar-refractivity contribution < 1.29 is 9.53 Å². The van der Waals surface area contributed by atoms with E-state index in [1.807, 2.05) is 42.7 Å². The van der Waals surface area contributed by atoms with Crippen molar-refractivity contribution in [2.24, 2.45) is 0 Å². The molecule has 0 bridgehead atoms. The van der Waals surface area contributed by atoms with Gasteiger partial charge in [-0.05, 0) is 29.9 Å². The van der Waals surface area contributed by atoms with E-state index in [2.05, 4.69) is 37.7 Å². The van der Waals surface area contributed by atoms with Gasteiger partial charge in [-0.25, -0.2) is 4.98 Å². The summed E-state index contributed by atoms with van der Waals surface area (Å²) in [7, 11) is 0. The van der Waals surface area contributed by atoms with E-state index in [-0.39, 0.29) is 11.9 Å². The molecule has 3 heterocycles. The van der Waals surface area contributed by atoms with Gasteiger partial charge in [0.2, 0.25) is 5.95 Å². The van der Waals surface area contributed by atoms with Crippen LogP contribution in [-0.2, 0) is 24.3 Å². The number of anilines is 2. The van der Waals surface area contributed by atoms with Crippen molar-refractivity contribution >= 4 is 28.4 Å². The second-order valence-corrected chi connectivity index (χ2v) is 7.53. The predicted molar refractivity (Wildman–Crippen MR) is 120 cm³/mol. The fourth-order valence-corrected chi connectivity index (χ4v) is 3.87. The fourth-order valence-electron chi connectivity index (χ4n) is 3.87. The molecular formula is C24H23N5O2. The third kappa shape index (κ3) is 4.13. The molecule has 0 saturated heterocycles. The highest BCUT2D eigenvalue weighted by Crippen LogP contribution is 2.25. The minimum absolute atomic E-state index is 0.242. The summed E-state index contributed by atoms with van der Waals surface area (Å²) in [6.07, 6.45) is 5.44. The molecule has 3 N–H and O–H groups in total. The summed E-state index contributed by atoms with van der Waals surface area (Å²) >= 11 is 0. The number of fused-ring (bicyclic) bond motifs is 2. The predicted octanol–water partition coefficient (Wildman–Crippen LogP) is 4.29. The number of aromatic nitrogens is 3. The molecule has 0 radical (unpaired) electrons. The Labute approximate surface area is 179 Å². The number of ether oxygens (including phenoxy) is 1. The Morgan fingerprint density at radius 1 is 1.06 bits per heavy atom. The lowest BCUT2D eigenvalue weighted by molar-refractivity contribution is 0.102. The zero-order valence-corrected chi connectivity index (χ0v) is 17.0. The van der Waals surface area contributed by atoms with Crippen LogP contribution in [0.4, 0.5) is 11.8 Å². The third-order valence-corrected chi connectivity index (χ3v) is 5.43. The van der Waals surface area contributed by atoms with E-state index in [0.29, 0.717) is 25.3 Å². The lowest BCUT2D eigenvalue weighted by Crippen LogP contribution is -2.17. The van der Waals surface area contributed by atoms with Crippen molar-refractivity contribution in [3.63, 3.8) is 0 Å². The van der Waals surface area contributed by atoms with Gasteiger partial charge in [0.05, 0.1) is 12.3 Å². The number of rotatable bonds is 5. The molecule has 31 heavy (non-hydrogen) atoms. The van der Waals surface area contributed by atoms with Gasteiger partial charge in [-0.2, -0.15) is 4.98 Å². The standard InChI is InChI=1S/C24H23N5O2/c30-23(18-9-4-8-17-13-25-14-20(17)18)29-24-27-21-15-31-11-5-10-19(21)22(28-24)26-12-16-6-2-1-3-7-16/h1-4,6-9,13-14,25H,5,10-12,15H2,(H2,26,27,28,29,30). The molecular weight excluding hydrogens is 390 g/mol. The monoisotopic (exact) mass is 413 g/mol.